The largest absolute Gasteiger partial charge is 0.464 e. The van der Waals surface area contributed by atoms with Crippen LogP contribution in [0.1, 0.15) is 44.9 Å². The van der Waals surface area contributed by atoms with E-state index in [1.165, 1.54) is 0 Å². The molecule has 0 saturated carbocycles. The normalized spacial score (nSPS) is 14.8. The highest BCUT2D eigenvalue weighted by Crippen LogP contribution is 2.26. The summed E-state index contributed by atoms with van der Waals surface area (Å²) in [5.41, 5.74) is 1.43. The van der Waals surface area contributed by atoms with Gasteiger partial charge in [0, 0.05) is 0 Å². The maximum absolute atomic E-state index is 13.7. The van der Waals surface area contributed by atoms with Crippen molar-refractivity contribution in [2.75, 3.05) is 6.61 Å². The molecule has 0 saturated heterocycles. The summed E-state index contributed by atoms with van der Waals surface area (Å²) >= 11 is 0. The summed E-state index contributed by atoms with van der Waals surface area (Å²) in [7, 11) is 0. The summed E-state index contributed by atoms with van der Waals surface area (Å²) in [6.45, 7) is 7.88. The molecule has 106 valence electrons. The van der Waals surface area contributed by atoms with Crippen LogP contribution in [0.2, 0.25) is 0 Å². The SMILES string of the molecule is CCOC(=O)C(F)C(O)c1ccc(C(C)(C)C)cc1. The molecule has 4 heteroatoms. The first-order valence-electron chi connectivity index (χ1n) is 6.36. The second-order valence-corrected chi connectivity index (χ2v) is 5.47. The lowest BCUT2D eigenvalue weighted by Crippen LogP contribution is -2.26. The van der Waals surface area contributed by atoms with E-state index in [1.807, 2.05) is 12.1 Å². The van der Waals surface area contributed by atoms with E-state index in [0.717, 1.165) is 5.56 Å². The van der Waals surface area contributed by atoms with E-state index in [4.69, 9.17) is 0 Å². The van der Waals surface area contributed by atoms with Gasteiger partial charge in [-0.2, -0.15) is 0 Å². The van der Waals surface area contributed by atoms with Crippen LogP contribution in [-0.2, 0) is 14.9 Å². The smallest absolute Gasteiger partial charge is 0.343 e. The predicted molar refractivity (Wildman–Crippen MR) is 71.6 cm³/mol. The number of carbonyl (C=O) groups excluding carboxylic acids is 1. The molecule has 1 aromatic carbocycles. The Hall–Kier alpha value is -1.42. The third-order valence-electron chi connectivity index (χ3n) is 2.91. The number of carbonyl (C=O) groups is 1. The van der Waals surface area contributed by atoms with Gasteiger partial charge in [-0.15, -0.1) is 0 Å². The van der Waals surface area contributed by atoms with E-state index in [9.17, 15) is 14.3 Å². The van der Waals surface area contributed by atoms with Gasteiger partial charge in [-0.25, -0.2) is 9.18 Å². The molecule has 0 radical (unpaired) electrons. The van der Waals surface area contributed by atoms with Crippen LogP contribution in [0.25, 0.3) is 0 Å². The molecule has 0 aromatic heterocycles. The first kappa shape index (κ1) is 15.6. The molecule has 0 aliphatic rings. The van der Waals surface area contributed by atoms with Crippen molar-refractivity contribution in [1.29, 1.82) is 0 Å². The Morgan fingerprint density at radius 3 is 2.26 bits per heavy atom. The number of aliphatic hydroxyl groups is 1. The minimum Gasteiger partial charge on any atom is -0.464 e. The molecule has 1 rings (SSSR count). The van der Waals surface area contributed by atoms with Gasteiger partial charge in [-0.1, -0.05) is 45.0 Å². The van der Waals surface area contributed by atoms with Crippen LogP contribution in [0.5, 0.6) is 0 Å². The minimum absolute atomic E-state index is 0.0141. The minimum atomic E-state index is -2.06. The van der Waals surface area contributed by atoms with Gasteiger partial charge in [0.25, 0.3) is 0 Å². The summed E-state index contributed by atoms with van der Waals surface area (Å²) < 4.78 is 18.2. The Balaban J connectivity index is 2.83. The number of esters is 1. The van der Waals surface area contributed by atoms with Crippen molar-refractivity contribution in [1.82, 2.24) is 0 Å². The zero-order chi connectivity index (χ0) is 14.6. The van der Waals surface area contributed by atoms with Crippen molar-refractivity contribution >= 4 is 5.97 Å². The average molecular weight is 268 g/mol. The quantitative estimate of drug-likeness (QED) is 0.854. The molecular formula is C15H21FO3. The number of hydrogen-bond acceptors (Lipinski definition) is 3. The van der Waals surface area contributed by atoms with Crippen molar-refractivity contribution < 1.29 is 19.0 Å². The fraction of sp³-hybridized carbons (Fsp3) is 0.533. The van der Waals surface area contributed by atoms with Gasteiger partial charge in [0.1, 0.15) is 6.10 Å². The average Bonchev–Trinajstić information content (AvgIpc) is 2.36. The van der Waals surface area contributed by atoms with E-state index in [0.29, 0.717) is 5.56 Å². The number of benzene rings is 1. The molecule has 0 aliphatic carbocycles. The first-order valence-corrected chi connectivity index (χ1v) is 6.36. The monoisotopic (exact) mass is 268 g/mol. The molecule has 2 atom stereocenters. The van der Waals surface area contributed by atoms with Crippen LogP contribution in [-0.4, -0.2) is 23.9 Å². The lowest BCUT2D eigenvalue weighted by molar-refractivity contribution is -0.153. The van der Waals surface area contributed by atoms with E-state index >= 15 is 0 Å². The standard InChI is InChI=1S/C15H21FO3/c1-5-19-14(18)12(16)13(17)10-6-8-11(9-7-10)15(2,3)4/h6-9,12-13,17H,5H2,1-4H3. The van der Waals surface area contributed by atoms with Crippen molar-refractivity contribution in [2.24, 2.45) is 0 Å². The lowest BCUT2D eigenvalue weighted by Gasteiger charge is -2.20. The number of ether oxygens (including phenoxy) is 1. The summed E-state index contributed by atoms with van der Waals surface area (Å²) in [5, 5.41) is 9.80. The van der Waals surface area contributed by atoms with Crippen molar-refractivity contribution in [3.63, 3.8) is 0 Å². The molecule has 19 heavy (non-hydrogen) atoms. The summed E-state index contributed by atoms with van der Waals surface area (Å²) in [5.74, 6) is -1.03. The number of alkyl halides is 1. The number of rotatable bonds is 4. The number of aliphatic hydroxyl groups excluding tert-OH is 1. The number of hydrogen-bond donors (Lipinski definition) is 1. The number of halogens is 1. The van der Waals surface area contributed by atoms with Gasteiger partial charge < -0.3 is 9.84 Å². The van der Waals surface area contributed by atoms with E-state index in [2.05, 4.69) is 25.5 Å². The summed E-state index contributed by atoms with van der Waals surface area (Å²) in [4.78, 5) is 11.2. The van der Waals surface area contributed by atoms with Crippen LogP contribution in [0, 0.1) is 0 Å². The van der Waals surface area contributed by atoms with E-state index in [-0.39, 0.29) is 12.0 Å². The molecule has 0 bridgehead atoms. The van der Waals surface area contributed by atoms with Gasteiger partial charge >= 0.3 is 5.97 Å². The highest BCUT2D eigenvalue weighted by atomic mass is 19.1. The zero-order valence-electron chi connectivity index (χ0n) is 11.8. The van der Waals surface area contributed by atoms with Crippen LogP contribution in [0.15, 0.2) is 24.3 Å². The fourth-order valence-corrected chi connectivity index (χ4v) is 1.70. The van der Waals surface area contributed by atoms with Crippen LogP contribution in [0.3, 0.4) is 0 Å². The van der Waals surface area contributed by atoms with Crippen molar-refractivity contribution in [3.05, 3.63) is 35.4 Å². The highest BCUT2D eigenvalue weighted by molar-refractivity contribution is 5.75. The molecule has 0 fully saturated rings. The lowest BCUT2D eigenvalue weighted by atomic mass is 9.86. The molecule has 2 unspecified atom stereocenters. The predicted octanol–water partition coefficient (Wildman–Crippen LogP) is 2.92. The van der Waals surface area contributed by atoms with E-state index < -0.39 is 18.2 Å². The summed E-state index contributed by atoms with van der Waals surface area (Å²) in [6.07, 6.45) is -3.55. The van der Waals surface area contributed by atoms with Gasteiger partial charge in [0.2, 0.25) is 6.17 Å². The Bertz CT molecular complexity index is 420. The third-order valence-corrected chi connectivity index (χ3v) is 2.91. The van der Waals surface area contributed by atoms with Gasteiger partial charge in [-0.05, 0) is 23.5 Å². The molecule has 0 aliphatic heterocycles. The summed E-state index contributed by atoms with van der Waals surface area (Å²) in [6, 6.07) is 6.93. The third kappa shape index (κ3) is 4.03. The molecule has 0 spiro atoms. The molecule has 3 nitrogen and oxygen atoms in total. The van der Waals surface area contributed by atoms with Crippen LogP contribution in [0.4, 0.5) is 4.39 Å². The van der Waals surface area contributed by atoms with Gasteiger partial charge in [0.05, 0.1) is 6.61 Å². The molecule has 1 N–H and O–H groups in total. The second-order valence-electron chi connectivity index (χ2n) is 5.47. The van der Waals surface area contributed by atoms with Gasteiger partial charge in [0.15, 0.2) is 0 Å². The van der Waals surface area contributed by atoms with Gasteiger partial charge in [-0.3, -0.25) is 0 Å². The maximum Gasteiger partial charge on any atom is 0.343 e. The van der Waals surface area contributed by atoms with Crippen molar-refractivity contribution in [2.45, 2.75) is 45.4 Å². The van der Waals surface area contributed by atoms with Crippen molar-refractivity contribution in [3.8, 4) is 0 Å². The first-order chi connectivity index (χ1) is 8.77. The molecular weight excluding hydrogens is 247 g/mol. The fourth-order valence-electron chi connectivity index (χ4n) is 1.70. The highest BCUT2D eigenvalue weighted by Gasteiger charge is 2.29. The topological polar surface area (TPSA) is 46.5 Å². The molecule has 1 aromatic rings. The van der Waals surface area contributed by atoms with Crippen LogP contribution >= 0.6 is 0 Å². The van der Waals surface area contributed by atoms with E-state index in [1.54, 1.807) is 19.1 Å². The Kier molecular flexibility index (Phi) is 5.06. The maximum atomic E-state index is 13.7. The Morgan fingerprint density at radius 1 is 1.32 bits per heavy atom. The Labute approximate surface area is 113 Å². The molecule has 0 amide bonds. The molecule has 0 heterocycles. The second kappa shape index (κ2) is 6.15. The zero-order valence-corrected chi connectivity index (χ0v) is 11.8. The van der Waals surface area contributed by atoms with Crippen LogP contribution < -0.4 is 0 Å². The Morgan fingerprint density at radius 2 is 1.84 bits per heavy atom.